The fraction of sp³-hybridized carbons (Fsp3) is 1.00. The Hall–Kier alpha value is 0.270. The SMILES string of the molecule is CC1CCCC(SCCCCC(C)(CO)NC(C)C)C1. The molecule has 0 aromatic carbocycles. The number of aliphatic hydroxyl groups excluding tert-OH is 1. The lowest BCUT2D eigenvalue weighted by atomic mass is 9.91. The minimum Gasteiger partial charge on any atom is -0.394 e. The van der Waals surface area contributed by atoms with Gasteiger partial charge >= 0.3 is 0 Å². The Morgan fingerprint density at radius 1 is 1.30 bits per heavy atom. The molecule has 0 radical (unpaired) electrons. The molecule has 3 unspecified atom stereocenters. The molecule has 3 atom stereocenters. The number of hydrogen-bond donors (Lipinski definition) is 2. The average molecular weight is 302 g/mol. The van der Waals surface area contributed by atoms with Crippen LogP contribution in [0, 0.1) is 5.92 Å². The Kier molecular flexibility index (Phi) is 8.54. The Morgan fingerprint density at radius 2 is 2.05 bits per heavy atom. The van der Waals surface area contributed by atoms with Crippen molar-refractivity contribution in [2.75, 3.05) is 12.4 Å². The highest BCUT2D eigenvalue weighted by Gasteiger charge is 2.23. The second-order valence-corrected chi connectivity index (χ2v) is 8.65. The minimum atomic E-state index is -0.0990. The third kappa shape index (κ3) is 7.33. The maximum Gasteiger partial charge on any atom is 0.0610 e. The van der Waals surface area contributed by atoms with Crippen LogP contribution in [-0.4, -0.2) is 34.3 Å². The third-order valence-electron chi connectivity index (χ3n) is 4.35. The molecule has 3 heteroatoms. The van der Waals surface area contributed by atoms with E-state index in [9.17, 15) is 5.11 Å². The Morgan fingerprint density at radius 3 is 2.65 bits per heavy atom. The topological polar surface area (TPSA) is 32.3 Å². The van der Waals surface area contributed by atoms with Crippen LogP contribution < -0.4 is 5.32 Å². The van der Waals surface area contributed by atoms with E-state index >= 15 is 0 Å². The average Bonchev–Trinajstić information content (AvgIpc) is 2.37. The summed E-state index contributed by atoms with van der Waals surface area (Å²) < 4.78 is 0. The minimum absolute atomic E-state index is 0.0990. The molecule has 0 aliphatic heterocycles. The molecule has 1 saturated carbocycles. The van der Waals surface area contributed by atoms with Crippen LogP contribution in [0.4, 0.5) is 0 Å². The van der Waals surface area contributed by atoms with Gasteiger partial charge in [-0.1, -0.05) is 40.0 Å². The van der Waals surface area contributed by atoms with E-state index in [4.69, 9.17) is 0 Å². The molecule has 0 amide bonds. The lowest BCUT2D eigenvalue weighted by molar-refractivity contribution is 0.154. The molecular formula is C17H35NOS. The smallest absolute Gasteiger partial charge is 0.0610 e. The van der Waals surface area contributed by atoms with E-state index in [2.05, 4.69) is 44.8 Å². The molecule has 0 saturated heterocycles. The van der Waals surface area contributed by atoms with Gasteiger partial charge in [-0.15, -0.1) is 0 Å². The molecule has 120 valence electrons. The first-order valence-corrected chi connectivity index (χ1v) is 9.50. The van der Waals surface area contributed by atoms with E-state index in [0.717, 1.165) is 17.6 Å². The van der Waals surface area contributed by atoms with Crippen molar-refractivity contribution in [3.05, 3.63) is 0 Å². The van der Waals surface area contributed by atoms with Crippen molar-refractivity contribution in [1.29, 1.82) is 0 Å². The second kappa shape index (κ2) is 9.32. The normalized spacial score (nSPS) is 26.7. The van der Waals surface area contributed by atoms with Gasteiger partial charge in [-0.2, -0.15) is 11.8 Å². The van der Waals surface area contributed by atoms with Crippen molar-refractivity contribution < 1.29 is 5.11 Å². The molecule has 0 bridgehead atoms. The van der Waals surface area contributed by atoms with E-state index in [-0.39, 0.29) is 12.1 Å². The summed E-state index contributed by atoms with van der Waals surface area (Å²) in [7, 11) is 0. The van der Waals surface area contributed by atoms with Crippen LogP contribution in [0.3, 0.4) is 0 Å². The number of rotatable bonds is 9. The summed E-state index contributed by atoms with van der Waals surface area (Å²) in [6.45, 7) is 9.07. The maximum absolute atomic E-state index is 9.56. The number of hydrogen-bond acceptors (Lipinski definition) is 3. The van der Waals surface area contributed by atoms with Gasteiger partial charge in [0.2, 0.25) is 0 Å². The van der Waals surface area contributed by atoms with Gasteiger partial charge in [0.1, 0.15) is 0 Å². The van der Waals surface area contributed by atoms with Gasteiger partial charge in [0.25, 0.3) is 0 Å². The van der Waals surface area contributed by atoms with Gasteiger partial charge in [-0.25, -0.2) is 0 Å². The van der Waals surface area contributed by atoms with Gasteiger partial charge in [0.05, 0.1) is 6.61 Å². The van der Waals surface area contributed by atoms with Crippen LogP contribution in [0.5, 0.6) is 0 Å². The molecule has 0 aromatic rings. The van der Waals surface area contributed by atoms with Gasteiger partial charge in [0, 0.05) is 16.8 Å². The Bertz CT molecular complexity index is 259. The number of thioether (sulfide) groups is 1. The first-order valence-electron chi connectivity index (χ1n) is 8.45. The zero-order valence-electron chi connectivity index (χ0n) is 14.0. The number of aliphatic hydroxyl groups is 1. The number of unbranched alkanes of at least 4 members (excludes halogenated alkanes) is 1. The molecular weight excluding hydrogens is 266 g/mol. The van der Waals surface area contributed by atoms with Crippen molar-refractivity contribution in [1.82, 2.24) is 5.32 Å². The van der Waals surface area contributed by atoms with E-state index in [1.807, 2.05) is 0 Å². The molecule has 1 aliphatic rings. The summed E-state index contributed by atoms with van der Waals surface area (Å²) >= 11 is 2.19. The van der Waals surface area contributed by atoms with Crippen molar-refractivity contribution >= 4 is 11.8 Å². The van der Waals surface area contributed by atoms with Gasteiger partial charge in [-0.3, -0.25) is 0 Å². The lowest BCUT2D eigenvalue weighted by Gasteiger charge is -2.31. The molecule has 0 heterocycles. The van der Waals surface area contributed by atoms with E-state index < -0.39 is 0 Å². The quantitative estimate of drug-likeness (QED) is 0.625. The highest BCUT2D eigenvalue weighted by Crippen LogP contribution is 2.32. The molecule has 20 heavy (non-hydrogen) atoms. The van der Waals surface area contributed by atoms with Crippen molar-refractivity contribution in [2.24, 2.45) is 5.92 Å². The summed E-state index contributed by atoms with van der Waals surface area (Å²) in [6, 6.07) is 0.435. The van der Waals surface area contributed by atoms with Crippen molar-refractivity contribution in [3.8, 4) is 0 Å². The molecule has 1 fully saturated rings. The van der Waals surface area contributed by atoms with E-state index in [1.165, 1.54) is 44.3 Å². The highest BCUT2D eigenvalue weighted by molar-refractivity contribution is 7.99. The standard InChI is InChI=1S/C17H35NOS/c1-14(2)18-17(4,13-19)10-5-6-11-20-16-9-7-8-15(3)12-16/h14-16,18-19H,5-13H2,1-4H3. The van der Waals surface area contributed by atoms with Crippen LogP contribution in [0.1, 0.15) is 72.6 Å². The monoisotopic (exact) mass is 301 g/mol. The summed E-state index contributed by atoms with van der Waals surface area (Å²) in [5.74, 6) is 2.23. The van der Waals surface area contributed by atoms with Crippen LogP contribution in [-0.2, 0) is 0 Å². The van der Waals surface area contributed by atoms with Crippen molar-refractivity contribution in [2.45, 2.75) is 89.5 Å². The third-order valence-corrected chi connectivity index (χ3v) is 5.77. The van der Waals surface area contributed by atoms with E-state index in [0.29, 0.717) is 6.04 Å². The number of nitrogens with one attached hydrogen (secondary N) is 1. The summed E-state index contributed by atoms with van der Waals surface area (Å²) in [6.07, 6.45) is 9.29. The van der Waals surface area contributed by atoms with Gasteiger partial charge in [-0.05, 0) is 44.3 Å². The fourth-order valence-electron chi connectivity index (χ4n) is 3.29. The molecule has 2 N–H and O–H groups in total. The zero-order valence-corrected chi connectivity index (χ0v) is 14.8. The van der Waals surface area contributed by atoms with Crippen LogP contribution in [0.15, 0.2) is 0 Å². The largest absolute Gasteiger partial charge is 0.394 e. The lowest BCUT2D eigenvalue weighted by Crippen LogP contribution is -2.49. The van der Waals surface area contributed by atoms with Gasteiger partial charge in [0.15, 0.2) is 0 Å². The molecule has 2 nitrogen and oxygen atoms in total. The Labute approximate surface area is 130 Å². The van der Waals surface area contributed by atoms with E-state index in [1.54, 1.807) is 0 Å². The first-order chi connectivity index (χ1) is 9.45. The predicted molar refractivity (Wildman–Crippen MR) is 91.5 cm³/mol. The first kappa shape index (κ1) is 18.3. The van der Waals surface area contributed by atoms with Crippen LogP contribution in [0.25, 0.3) is 0 Å². The molecule has 1 rings (SSSR count). The highest BCUT2D eigenvalue weighted by atomic mass is 32.2. The summed E-state index contributed by atoms with van der Waals surface area (Å²) in [4.78, 5) is 0. The zero-order chi connectivity index (χ0) is 15.0. The Balaban J connectivity index is 2.11. The molecule has 1 aliphatic carbocycles. The van der Waals surface area contributed by atoms with Crippen LogP contribution in [0.2, 0.25) is 0 Å². The summed E-state index contributed by atoms with van der Waals surface area (Å²) in [5.41, 5.74) is -0.0990. The second-order valence-electron chi connectivity index (χ2n) is 7.24. The fourth-order valence-corrected chi connectivity index (χ4v) is 4.79. The molecule has 0 aromatic heterocycles. The summed E-state index contributed by atoms with van der Waals surface area (Å²) in [5, 5.41) is 14.0. The van der Waals surface area contributed by atoms with Crippen LogP contribution >= 0.6 is 11.8 Å². The molecule has 0 spiro atoms. The van der Waals surface area contributed by atoms with Crippen molar-refractivity contribution in [3.63, 3.8) is 0 Å². The van der Waals surface area contributed by atoms with Gasteiger partial charge < -0.3 is 10.4 Å². The predicted octanol–water partition coefficient (Wildman–Crippen LogP) is 4.22. The maximum atomic E-state index is 9.56.